The first kappa shape index (κ1) is 29.8. The van der Waals surface area contributed by atoms with Gasteiger partial charge in [-0.05, 0) is 56.7 Å². The van der Waals surface area contributed by atoms with Gasteiger partial charge in [-0.2, -0.15) is 5.26 Å². The van der Waals surface area contributed by atoms with Gasteiger partial charge >= 0.3 is 6.09 Å². The van der Waals surface area contributed by atoms with Gasteiger partial charge in [0.1, 0.15) is 23.4 Å². The largest absolute Gasteiger partial charge is 0.508 e. The number of benzene rings is 1. The van der Waals surface area contributed by atoms with Crippen LogP contribution in [0.1, 0.15) is 66.9 Å². The number of amides is 3. The van der Waals surface area contributed by atoms with E-state index in [1.54, 1.807) is 46.8 Å². The van der Waals surface area contributed by atoms with Crippen LogP contribution in [0.3, 0.4) is 0 Å². The zero-order chi connectivity index (χ0) is 26.8. The highest BCUT2D eigenvalue weighted by molar-refractivity contribution is 5.91. The summed E-state index contributed by atoms with van der Waals surface area (Å²) in [7, 11) is 0. The first-order valence-corrected chi connectivity index (χ1v) is 12.0. The third kappa shape index (κ3) is 11.1. The van der Waals surface area contributed by atoms with Crippen LogP contribution in [0.2, 0.25) is 0 Å². The maximum absolute atomic E-state index is 13.3. The number of nitrogens with zero attached hydrogens (tertiary/aromatic N) is 1. The maximum atomic E-state index is 13.3. The number of phenols is 1. The normalized spacial score (nSPS) is 13.9. The quantitative estimate of drug-likeness (QED) is 0.376. The van der Waals surface area contributed by atoms with Crippen molar-refractivity contribution in [3.8, 4) is 11.8 Å². The van der Waals surface area contributed by atoms with E-state index < -0.39 is 29.7 Å². The molecule has 0 aliphatic heterocycles. The number of ether oxygens (including phenoxy) is 1. The summed E-state index contributed by atoms with van der Waals surface area (Å²) in [5.41, 5.74) is 0.0149. The van der Waals surface area contributed by atoms with Crippen molar-refractivity contribution in [2.45, 2.75) is 91.5 Å². The van der Waals surface area contributed by atoms with Crippen molar-refractivity contribution in [3.63, 3.8) is 0 Å². The fourth-order valence-corrected chi connectivity index (χ4v) is 3.38. The Morgan fingerprint density at radius 1 is 0.971 bits per heavy atom. The van der Waals surface area contributed by atoms with Gasteiger partial charge in [-0.1, -0.05) is 39.8 Å². The molecular formula is C26H40N4O5. The fraction of sp³-hybridized carbons (Fsp3) is 0.615. The van der Waals surface area contributed by atoms with Crippen molar-refractivity contribution in [3.05, 3.63) is 29.8 Å². The number of nitriles is 1. The Bertz CT molecular complexity index is 884. The molecule has 0 aliphatic rings. The van der Waals surface area contributed by atoms with E-state index in [4.69, 9.17) is 10.00 Å². The van der Waals surface area contributed by atoms with Crippen molar-refractivity contribution in [1.29, 1.82) is 5.26 Å². The number of carbonyl (C=O) groups excluding carboxylic acids is 3. The molecule has 1 rings (SSSR count). The predicted molar refractivity (Wildman–Crippen MR) is 133 cm³/mol. The minimum Gasteiger partial charge on any atom is -0.508 e. The molecule has 0 aliphatic carbocycles. The van der Waals surface area contributed by atoms with Crippen LogP contribution in [0, 0.1) is 23.2 Å². The molecule has 0 saturated carbocycles. The van der Waals surface area contributed by atoms with Crippen LogP contribution in [0.4, 0.5) is 4.79 Å². The van der Waals surface area contributed by atoms with Crippen LogP contribution in [-0.2, 0) is 20.7 Å². The molecule has 3 atom stereocenters. The molecule has 0 aromatic heterocycles. The summed E-state index contributed by atoms with van der Waals surface area (Å²) in [6, 6.07) is 6.39. The maximum Gasteiger partial charge on any atom is 0.408 e. The van der Waals surface area contributed by atoms with Crippen LogP contribution >= 0.6 is 0 Å². The number of hydrogen-bond acceptors (Lipinski definition) is 6. The van der Waals surface area contributed by atoms with Crippen molar-refractivity contribution >= 4 is 17.9 Å². The highest BCUT2D eigenvalue weighted by Crippen LogP contribution is 2.14. The number of carbonyl (C=O) groups is 3. The van der Waals surface area contributed by atoms with E-state index in [0.29, 0.717) is 12.8 Å². The monoisotopic (exact) mass is 488 g/mol. The molecule has 0 fully saturated rings. The molecule has 0 bridgehead atoms. The Morgan fingerprint density at radius 2 is 1.57 bits per heavy atom. The van der Waals surface area contributed by atoms with Gasteiger partial charge in [-0.25, -0.2) is 4.79 Å². The minimum absolute atomic E-state index is 0.0922. The first-order chi connectivity index (χ1) is 16.2. The van der Waals surface area contributed by atoms with Gasteiger partial charge in [0.2, 0.25) is 11.8 Å². The molecule has 3 amide bonds. The lowest BCUT2D eigenvalue weighted by molar-refractivity contribution is -0.131. The molecule has 0 spiro atoms. The molecule has 9 heteroatoms. The van der Waals surface area contributed by atoms with E-state index in [-0.39, 0.29) is 36.0 Å². The van der Waals surface area contributed by atoms with Crippen LogP contribution in [0.5, 0.6) is 5.75 Å². The first-order valence-electron chi connectivity index (χ1n) is 12.0. The van der Waals surface area contributed by atoms with Crippen molar-refractivity contribution in [2.24, 2.45) is 11.8 Å². The van der Waals surface area contributed by atoms with Crippen LogP contribution in [-0.4, -0.2) is 46.7 Å². The lowest BCUT2D eigenvalue weighted by atomic mass is 9.97. The summed E-state index contributed by atoms with van der Waals surface area (Å²) in [4.78, 5) is 38.8. The summed E-state index contributed by atoms with van der Waals surface area (Å²) < 4.78 is 5.28. The molecular weight excluding hydrogens is 448 g/mol. The number of alkyl carbamates (subject to hydrolysis) is 1. The molecule has 0 radical (unpaired) electrons. The molecule has 4 N–H and O–H groups in total. The highest BCUT2D eigenvalue weighted by Gasteiger charge is 2.31. The molecule has 1 aromatic carbocycles. The van der Waals surface area contributed by atoms with Gasteiger partial charge < -0.3 is 25.8 Å². The van der Waals surface area contributed by atoms with Crippen LogP contribution < -0.4 is 16.0 Å². The SMILES string of the molecule is CC(C)C(CCC#N)NC(=O)[C@H](Cc1ccc(O)cc1)NC(=O)[C@@H](NC(=O)OC(C)(C)C)C(C)C. The molecule has 0 saturated heterocycles. The Kier molecular flexibility index (Phi) is 11.5. The number of nitrogens with one attached hydrogen (secondary N) is 3. The summed E-state index contributed by atoms with van der Waals surface area (Å²) in [6.45, 7) is 12.7. The Labute approximate surface area is 208 Å². The summed E-state index contributed by atoms with van der Waals surface area (Å²) in [6.07, 6.45) is 0.252. The predicted octanol–water partition coefficient (Wildman–Crippen LogP) is 3.41. The number of aromatic hydroxyl groups is 1. The van der Waals surface area contributed by atoms with Gasteiger partial charge in [0.15, 0.2) is 0 Å². The van der Waals surface area contributed by atoms with E-state index in [0.717, 1.165) is 5.56 Å². The van der Waals surface area contributed by atoms with E-state index in [1.165, 1.54) is 12.1 Å². The molecule has 194 valence electrons. The van der Waals surface area contributed by atoms with Crippen molar-refractivity contribution < 1.29 is 24.2 Å². The zero-order valence-electron chi connectivity index (χ0n) is 21.8. The van der Waals surface area contributed by atoms with Gasteiger partial charge in [0, 0.05) is 18.9 Å². The highest BCUT2D eigenvalue weighted by atomic mass is 16.6. The topological polar surface area (TPSA) is 141 Å². The Balaban J connectivity index is 3.10. The summed E-state index contributed by atoms with van der Waals surface area (Å²) >= 11 is 0. The average Bonchev–Trinajstić information content (AvgIpc) is 2.74. The van der Waals surface area contributed by atoms with E-state index in [2.05, 4.69) is 22.0 Å². The van der Waals surface area contributed by atoms with Crippen molar-refractivity contribution in [2.75, 3.05) is 0 Å². The van der Waals surface area contributed by atoms with Gasteiger partial charge in [0.25, 0.3) is 0 Å². The van der Waals surface area contributed by atoms with E-state index in [9.17, 15) is 19.5 Å². The third-order valence-corrected chi connectivity index (χ3v) is 5.33. The van der Waals surface area contributed by atoms with Crippen molar-refractivity contribution in [1.82, 2.24) is 16.0 Å². The smallest absolute Gasteiger partial charge is 0.408 e. The minimum atomic E-state index is -0.933. The van der Waals surface area contributed by atoms with Crippen LogP contribution in [0.25, 0.3) is 0 Å². The molecule has 0 heterocycles. The lowest BCUT2D eigenvalue weighted by Gasteiger charge is -2.28. The van der Waals surface area contributed by atoms with Gasteiger partial charge in [-0.3, -0.25) is 9.59 Å². The van der Waals surface area contributed by atoms with E-state index in [1.807, 2.05) is 13.8 Å². The second-order valence-electron chi connectivity index (χ2n) is 10.4. The Hall–Kier alpha value is -3.28. The summed E-state index contributed by atoms with van der Waals surface area (Å²) in [5.74, 6) is -0.976. The average molecular weight is 489 g/mol. The number of hydrogen-bond donors (Lipinski definition) is 4. The third-order valence-electron chi connectivity index (χ3n) is 5.33. The number of rotatable bonds is 11. The number of phenolic OH excluding ortho intramolecular Hbond substituents is 1. The van der Waals surface area contributed by atoms with E-state index >= 15 is 0 Å². The van der Waals surface area contributed by atoms with Gasteiger partial charge in [-0.15, -0.1) is 0 Å². The Morgan fingerprint density at radius 3 is 2.06 bits per heavy atom. The molecule has 1 aromatic rings. The fourth-order valence-electron chi connectivity index (χ4n) is 3.38. The lowest BCUT2D eigenvalue weighted by Crippen LogP contribution is -2.57. The van der Waals surface area contributed by atoms with Crippen LogP contribution in [0.15, 0.2) is 24.3 Å². The van der Waals surface area contributed by atoms with Gasteiger partial charge in [0.05, 0.1) is 6.07 Å². The second-order valence-corrected chi connectivity index (χ2v) is 10.4. The standard InChI is InChI=1S/C26H40N4O5/c1-16(2)20(9-8-14-27)28-23(32)21(15-18-10-12-19(31)13-11-18)29-24(33)22(17(3)4)30-25(34)35-26(5,6)7/h10-13,16-17,20-22,31H,8-9,15H2,1-7H3,(H,28,32)(H,29,33)(H,30,34)/t20?,21-,22-/m0/s1. The second kappa shape index (κ2) is 13.6. The molecule has 1 unspecified atom stereocenters. The molecule has 9 nitrogen and oxygen atoms in total. The summed E-state index contributed by atoms with van der Waals surface area (Å²) in [5, 5.41) is 26.9. The molecule has 35 heavy (non-hydrogen) atoms. The zero-order valence-corrected chi connectivity index (χ0v) is 21.8.